The van der Waals surface area contributed by atoms with E-state index in [4.69, 9.17) is 32.5 Å². The van der Waals surface area contributed by atoms with Crippen LogP contribution in [0.2, 0.25) is 0 Å². The average Bonchev–Trinajstić information content (AvgIpc) is 1.65. The highest BCUT2D eigenvalue weighted by molar-refractivity contribution is 6.49. The minimum atomic E-state index is -2.42. The highest BCUT2D eigenvalue weighted by atomic mass is 35.5. The standard InChI is InChI=1S/C63H99ClN12O19/c1-11-13-14-15-16-17-21-37-54(86)68-38(22-18-24-76-30-36-46(51(83)63(76)23-19-25-94-63)47(64)52(84)62(10,50(36)82)95-45(81)20-12-2)55(87)74-48(34(8)77)60(92)67-33(7)53(85)70-41(28-43(65)79)57(89)72-42(29-44(66)80)58(90)71-40(27-32(5)6)59(91)75-49(35(9)78)61(93)73-39(26-31(3)4)56(88)69-37/h30-35,37-42,48-49,51,77-78,83H,11-29H2,1-10H3,(H2,65,79)(H2,66,80)(H,67,92)(H,68,86)(H,69,88)(H,70,85)(H,71,90)(H,72,89)(H,73,93)(H,74,87)(H,75,91)/t33-,34+,35+,37+,38+,39+,40+,41-,42+,48-,49-,51-,62-,63-/m0/s1. The molecule has 532 valence electrons. The molecule has 0 bridgehead atoms. The first-order chi connectivity index (χ1) is 44.5. The van der Waals surface area contributed by atoms with Crippen molar-refractivity contribution in [1.82, 2.24) is 52.8 Å². The zero-order valence-corrected chi connectivity index (χ0v) is 56.7. The van der Waals surface area contributed by atoms with Crippen LogP contribution in [0.25, 0.3) is 0 Å². The molecule has 0 radical (unpaired) electrons. The van der Waals surface area contributed by atoms with Crippen molar-refractivity contribution in [1.29, 1.82) is 0 Å². The summed E-state index contributed by atoms with van der Waals surface area (Å²) in [6.07, 6.45) is -1.28. The molecule has 2 saturated heterocycles. The van der Waals surface area contributed by atoms with Gasteiger partial charge in [-0.1, -0.05) is 91.7 Å². The number of fused-ring (bicyclic) bond motifs is 1. The lowest BCUT2D eigenvalue weighted by atomic mass is 9.74. The van der Waals surface area contributed by atoms with Crippen molar-refractivity contribution in [3.8, 4) is 0 Å². The molecule has 4 rings (SSSR count). The monoisotopic (exact) mass is 1360 g/mol. The second-order valence-corrected chi connectivity index (χ2v) is 26.3. The molecule has 95 heavy (non-hydrogen) atoms. The summed E-state index contributed by atoms with van der Waals surface area (Å²) >= 11 is 6.67. The molecule has 14 atom stereocenters. The number of primary amides is 2. The van der Waals surface area contributed by atoms with Gasteiger partial charge in [0.25, 0.3) is 0 Å². The molecule has 4 aliphatic rings. The maximum atomic E-state index is 15.0. The smallest absolute Gasteiger partial charge is 0.307 e. The predicted octanol–water partition coefficient (Wildman–Crippen LogP) is -1.67. The third kappa shape index (κ3) is 22.0. The Kier molecular flexibility index (Phi) is 30.7. The number of ketones is 2. The van der Waals surface area contributed by atoms with Gasteiger partial charge in [0, 0.05) is 43.3 Å². The third-order valence-corrected chi connectivity index (χ3v) is 17.1. The SMILES string of the molecule is CCCCCCCC[C@H]1NC(=O)[C@@H](CC(C)C)NC(=O)[C@H]([C@@H](C)O)NC(=O)[C@@H](CC(C)C)NC(=O)[C@@H](CC(N)=O)NC(=O)[C@H](CC(N)=O)NC(=O)[C@H](C)NC(=O)[C@H]([C@@H](C)O)NC(=O)[C@@H](CCCN2C=C3C(=O)[C@](C)(OC(=O)CCC)C(=O)C(Cl)=C3[C@H](O)[C@@]23CCCO3)NC1=O. The predicted molar refractivity (Wildman–Crippen MR) is 341 cm³/mol. The van der Waals surface area contributed by atoms with E-state index < -0.39 is 184 Å². The Labute approximate surface area is 558 Å². The summed E-state index contributed by atoms with van der Waals surface area (Å²) in [5.41, 5.74) is 6.34. The lowest BCUT2D eigenvalue weighted by Crippen LogP contribution is -2.62. The number of esters is 1. The third-order valence-electron chi connectivity index (χ3n) is 16.8. The molecule has 3 aliphatic heterocycles. The average molecular weight is 1360 g/mol. The largest absolute Gasteiger partial charge is 0.442 e. The number of nitrogens with two attached hydrogens (primary N) is 2. The van der Waals surface area contributed by atoms with E-state index in [0.717, 1.165) is 46.5 Å². The van der Waals surface area contributed by atoms with Crippen molar-refractivity contribution in [2.75, 3.05) is 13.2 Å². The van der Waals surface area contributed by atoms with Crippen molar-refractivity contribution in [2.45, 2.75) is 262 Å². The normalized spacial score (nSPS) is 28.9. The van der Waals surface area contributed by atoms with Crippen LogP contribution in [0, 0.1) is 11.8 Å². The Morgan fingerprint density at radius 2 is 1.03 bits per heavy atom. The first kappa shape index (κ1) is 79.8. The molecular weight excluding hydrogens is 1260 g/mol. The zero-order chi connectivity index (χ0) is 71.4. The molecule has 0 saturated carbocycles. The number of amides is 11. The van der Waals surface area contributed by atoms with Gasteiger partial charge in [-0.05, 0) is 84.5 Å². The Morgan fingerprint density at radius 3 is 1.52 bits per heavy atom. The molecule has 2 fully saturated rings. The Hall–Kier alpha value is -7.61. The van der Waals surface area contributed by atoms with E-state index in [9.17, 15) is 77.6 Å². The van der Waals surface area contributed by atoms with E-state index in [-0.39, 0.29) is 81.1 Å². The van der Waals surface area contributed by atoms with E-state index in [1.54, 1.807) is 34.6 Å². The lowest BCUT2D eigenvalue weighted by Gasteiger charge is -2.49. The van der Waals surface area contributed by atoms with Crippen molar-refractivity contribution in [3.05, 3.63) is 22.4 Å². The van der Waals surface area contributed by atoms with Gasteiger partial charge in [0.1, 0.15) is 60.5 Å². The second kappa shape index (κ2) is 36.5. The zero-order valence-electron chi connectivity index (χ0n) is 55.9. The summed E-state index contributed by atoms with van der Waals surface area (Å²) in [4.78, 5) is 196. The molecule has 0 unspecified atom stereocenters. The van der Waals surface area contributed by atoms with E-state index in [2.05, 4.69) is 47.9 Å². The number of hydrogen-bond acceptors (Lipinski definition) is 20. The van der Waals surface area contributed by atoms with Crippen LogP contribution >= 0.6 is 11.6 Å². The number of rotatable bonds is 24. The molecule has 32 heteroatoms. The minimum absolute atomic E-state index is 0.0310. The molecule has 0 aromatic carbocycles. The van der Waals surface area contributed by atoms with Crippen LogP contribution in [0.4, 0.5) is 0 Å². The molecular formula is C63H99ClN12O19. The van der Waals surface area contributed by atoms with Crippen LogP contribution in [0.15, 0.2) is 22.4 Å². The number of Topliss-reactive ketones (excluding diaryl/α,β-unsaturated/α-hetero) is 2. The molecule has 16 N–H and O–H groups in total. The fourth-order valence-corrected chi connectivity index (χ4v) is 12.0. The second-order valence-electron chi connectivity index (χ2n) is 25.9. The number of nitrogens with one attached hydrogen (secondary N) is 9. The number of hydrogen-bond donors (Lipinski definition) is 14. The fraction of sp³-hybridized carbons (Fsp3) is 0.714. The van der Waals surface area contributed by atoms with Crippen LogP contribution in [0.5, 0.6) is 0 Å². The van der Waals surface area contributed by atoms with Gasteiger partial charge in [-0.25, -0.2) is 0 Å². The highest BCUT2D eigenvalue weighted by Crippen LogP contribution is 2.48. The van der Waals surface area contributed by atoms with Gasteiger partial charge in [0.15, 0.2) is 5.72 Å². The summed E-state index contributed by atoms with van der Waals surface area (Å²) in [5, 5.41) is 55.9. The summed E-state index contributed by atoms with van der Waals surface area (Å²) in [6, 6.07) is -15.3. The van der Waals surface area contributed by atoms with Gasteiger partial charge in [-0.15, -0.1) is 0 Å². The maximum absolute atomic E-state index is 15.0. The number of aliphatic hydroxyl groups excluding tert-OH is 3. The number of carbonyl (C=O) groups is 14. The van der Waals surface area contributed by atoms with Gasteiger partial charge in [0.05, 0.1) is 30.1 Å². The van der Waals surface area contributed by atoms with E-state index >= 15 is 4.79 Å². The van der Waals surface area contributed by atoms with E-state index in [1.807, 2.05) is 6.92 Å². The number of nitrogens with zero attached hydrogens (tertiary/aromatic N) is 1. The summed E-state index contributed by atoms with van der Waals surface area (Å²) in [6.45, 7) is 15.0. The molecule has 1 spiro atoms. The topological polar surface area (TPSA) is 482 Å². The molecule has 1 aliphatic carbocycles. The van der Waals surface area contributed by atoms with Crippen molar-refractivity contribution in [2.24, 2.45) is 23.3 Å². The van der Waals surface area contributed by atoms with Gasteiger partial charge < -0.3 is 89.0 Å². The van der Waals surface area contributed by atoms with Crippen LogP contribution in [-0.2, 0) is 76.6 Å². The number of ether oxygens (including phenoxy) is 2. The lowest BCUT2D eigenvalue weighted by molar-refractivity contribution is -0.174. The Bertz CT molecular complexity index is 2910. The summed E-state index contributed by atoms with van der Waals surface area (Å²) < 4.78 is 11.7. The van der Waals surface area contributed by atoms with Gasteiger partial charge >= 0.3 is 5.97 Å². The number of unbranched alkanes of at least 4 members (excludes halogenated alkanes) is 5. The van der Waals surface area contributed by atoms with Crippen molar-refractivity contribution >= 4 is 94.1 Å². The molecule has 11 amide bonds. The first-order valence-electron chi connectivity index (χ1n) is 32.7. The summed E-state index contributed by atoms with van der Waals surface area (Å²) in [5.74, 6) is -15.8. The van der Waals surface area contributed by atoms with Crippen molar-refractivity contribution in [3.63, 3.8) is 0 Å². The van der Waals surface area contributed by atoms with E-state index in [0.29, 0.717) is 25.7 Å². The van der Waals surface area contributed by atoms with Crippen LogP contribution in [-0.4, -0.2) is 200 Å². The number of carbonyl (C=O) groups excluding carboxylic acids is 14. The quantitative estimate of drug-likeness (QED) is 0.0292. The molecule has 31 nitrogen and oxygen atoms in total. The highest BCUT2D eigenvalue weighted by Gasteiger charge is 2.60. The van der Waals surface area contributed by atoms with Gasteiger partial charge in [0.2, 0.25) is 82.1 Å². The molecule has 0 aromatic rings. The van der Waals surface area contributed by atoms with Crippen LogP contribution < -0.4 is 59.3 Å². The fourth-order valence-electron chi connectivity index (χ4n) is 11.6. The maximum Gasteiger partial charge on any atom is 0.307 e. The Balaban J connectivity index is 1.89. The van der Waals surface area contributed by atoms with Gasteiger partial charge in [-0.2, -0.15) is 0 Å². The molecule has 3 heterocycles. The number of aliphatic hydroxyl groups is 3. The van der Waals surface area contributed by atoms with Gasteiger partial charge in [-0.3, -0.25) is 67.1 Å². The minimum Gasteiger partial charge on any atom is -0.442 e. The number of halogens is 1. The van der Waals surface area contributed by atoms with Crippen LogP contribution in [0.3, 0.4) is 0 Å². The molecule has 0 aromatic heterocycles. The van der Waals surface area contributed by atoms with E-state index in [1.165, 1.54) is 18.0 Å². The Morgan fingerprint density at radius 1 is 0.600 bits per heavy atom. The van der Waals surface area contributed by atoms with Crippen LogP contribution in [0.1, 0.15) is 178 Å². The first-order valence-corrected chi connectivity index (χ1v) is 33.1. The summed E-state index contributed by atoms with van der Waals surface area (Å²) in [7, 11) is 0. The van der Waals surface area contributed by atoms with Crippen molar-refractivity contribution < 1.29 is 91.9 Å².